The second kappa shape index (κ2) is 5.88. The molecule has 0 bridgehead atoms. The van der Waals surface area contributed by atoms with Gasteiger partial charge in [0, 0.05) is 16.3 Å². The summed E-state index contributed by atoms with van der Waals surface area (Å²) in [6.07, 6.45) is 3.05. The molecule has 0 fully saturated rings. The van der Waals surface area contributed by atoms with Crippen LogP contribution in [0.15, 0.2) is 24.3 Å². The third-order valence-corrected chi connectivity index (χ3v) is 5.15. The van der Waals surface area contributed by atoms with E-state index in [-0.39, 0.29) is 5.91 Å². The number of amides is 1. The number of halogens is 1. The standard InChI is InChI=1S/C16H13ClN2OS/c17-8-10-4-6-11(7-5-10)15(20)19-16-13(9-18)12-2-1-3-14(12)21-16/h4-7H,1-3,8H2,(H,19,20). The highest BCUT2D eigenvalue weighted by molar-refractivity contribution is 7.16. The van der Waals surface area contributed by atoms with Crippen molar-refractivity contribution in [1.82, 2.24) is 0 Å². The van der Waals surface area contributed by atoms with E-state index in [4.69, 9.17) is 11.6 Å². The Morgan fingerprint density at radius 2 is 2.10 bits per heavy atom. The van der Waals surface area contributed by atoms with Gasteiger partial charge in [-0.2, -0.15) is 5.26 Å². The summed E-state index contributed by atoms with van der Waals surface area (Å²) in [6.45, 7) is 0. The highest BCUT2D eigenvalue weighted by atomic mass is 35.5. The Morgan fingerprint density at radius 3 is 2.76 bits per heavy atom. The average Bonchev–Trinajstić information content (AvgIpc) is 3.07. The third-order valence-electron chi connectivity index (χ3n) is 3.63. The number of fused-ring (bicyclic) bond motifs is 1. The molecule has 106 valence electrons. The van der Waals surface area contributed by atoms with Gasteiger partial charge in [0.2, 0.25) is 0 Å². The molecule has 0 spiro atoms. The summed E-state index contributed by atoms with van der Waals surface area (Å²) in [4.78, 5) is 13.5. The van der Waals surface area contributed by atoms with Gasteiger partial charge in [-0.15, -0.1) is 22.9 Å². The molecule has 0 saturated carbocycles. The molecule has 21 heavy (non-hydrogen) atoms. The van der Waals surface area contributed by atoms with E-state index in [0.717, 1.165) is 30.4 Å². The van der Waals surface area contributed by atoms with E-state index < -0.39 is 0 Å². The molecule has 1 heterocycles. The molecular weight excluding hydrogens is 304 g/mol. The number of aryl methyl sites for hydroxylation is 1. The lowest BCUT2D eigenvalue weighted by Crippen LogP contribution is -2.11. The van der Waals surface area contributed by atoms with Crippen LogP contribution in [0.2, 0.25) is 0 Å². The number of carbonyl (C=O) groups excluding carboxylic acids is 1. The summed E-state index contributed by atoms with van der Waals surface area (Å²) in [7, 11) is 0. The lowest BCUT2D eigenvalue weighted by Gasteiger charge is -2.04. The number of hydrogen-bond donors (Lipinski definition) is 1. The zero-order chi connectivity index (χ0) is 14.8. The van der Waals surface area contributed by atoms with Crippen LogP contribution in [-0.4, -0.2) is 5.91 Å². The van der Waals surface area contributed by atoms with E-state index >= 15 is 0 Å². The Kier molecular flexibility index (Phi) is 3.96. The molecule has 0 saturated heterocycles. The van der Waals surface area contributed by atoms with Crippen LogP contribution in [0.4, 0.5) is 5.00 Å². The minimum atomic E-state index is -0.187. The van der Waals surface area contributed by atoms with Crippen LogP contribution < -0.4 is 5.32 Å². The molecule has 1 aliphatic rings. The van der Waals surface area contributed by atoms with Gasteiger partial charge in [-0.05, 0) is 42.5 Å². The predicted octanol–water partition coefficient (Wildman–Crippen LogP) is 4.10. The Labute approximate surface area is 132 Å². The predicted molar refractivity (Wildman–Crippen MR) is 85.0 cm³/mol. The van der Waals surface area contributed by atoms with Crippen molar-refractivity contribution in [1.29, 1.82) is 5.26 Å². The van der Waals surface area contributed by atoms with Gasteiger partial charge in [0.15, 0.2) is 0 Å². The summed E-state index contributed by atoms with van der Waals surface area (Å²) < 4.78 is 0. The van der Waals surface area contributed by atoms with Crippen molar-refractivity contribution in [3.8, 4) is 6.07 Å². The largest absolute Gasteiger partial charge is 0.312 e. The first-order valence-corrected chi connectivity index (χ1v) is 8.09. The Morgan fingerprint density at radius 1 is 1.33 bits per heavy atom. The monoisotopic (exact) mass is 316 g/mol. The molecule has 1 amide bonds. The molecule has 1 aliphatic carbocycles. The number of carbonyl (C=O) groups is 1. The second-order valence-corrected chi connectivity index (χ2v) is 6.33. The molecule has 1 N–H and O–H groups in total. The van der Waals surface area contributed by atoms with Crippen molar-refractivity contribution in [2.75, 3.05) is 5.32 Å². The van der Waals surface area contributed by atoms with E-state index in [0.29, 0.717) is 22.0 Å². The summed E-state index contributed by atoms with van der Waals surface area (Å²) in [5.41, 5.74) is 3.30. The molecule has 5 heteroatoms. The molecule has 3 rings (SSSR count). The van der Waals surface area contributed by atoms with Gasteiger partial charge in [0.25, 0.3) is 5.91 Å². The number of thiophene rings is 1. The van der Waals surface area contributed by atoms with Crippen molar-refractivity contribution in [2.45, 2.75) is 25.1 Å². The molecule has 0 unspecified atom stereocenters. The summed E-state index contributed by atoms with van der Waals surface area (Å²) in [5, 5.41) is 12.9. The molecule has 0 atom stereocenters. The van der Waals surface area contributed by atoms with Crippen LogP contribution in [0.5, 0.6) is 0 Å². The minimum absolute atomic E-state index is 0.187. The Bertz CT molecular complexity index is 728. The molecule has 2 aromatic rings. The van der Waals surface area contributed by atoms with Crippen LogP contribution >= 0.6 is 22.9 Å². The molecular formula is C16H13ClN2OS. The topological polar surface area (TPSA) is 52.9 Å². The SMILES string of the molecule is N#Cc1c(NC(=O)c2ccc(CCl)cc2)sc2c1CCC2. The van der Waals surface area contributed by atoms with Crippen molar-refractivity contribution in [2.24, 2.45) is 0 Å². The van der Waals surface area contributed by atoms with Gasteiger partial charge < -0.3 is 5.32 Å². The number of anilines is 1. The van der Waals surface area contributed by atoms with E-state index in [9.17, 15) is 10.1 Å². The zero-order valence-electron chi connectivity index (χ0n) is 11.3. The van der Waals surface area contributed by atoms with Crippen molar-refractivity contribution in [3.63, 3.8) is 0 Å². The van der Waals surface area contributed by atoms with Gasteiger partial charge in [-0.25, -0.2) is 0 Å². The summed E-state index contributed by atoms with van der Waals surface area (Å²) >= 11 is 7.26. The van der Waals surface area contributed by atoms with E-state index in [2.05, 4.69) is 11.4 Å². The molecule has 0 radical (unpaired) electrons. The first-order chi connectivity index (χ1) is 10.2. The van der Waals surface area contributed by atoms with Crippen LogP contribution in [0, 0.1) is 11.3 Å². The first-order valence-electron chi connectivity index (χ1n) is 6.74. The van der Waals surface area contributed by atoms with Gasteiger partial charge in [-0.1, -0.05) is 12.1 Å². The Hall–Kier alpha value is -1.83. The normalized spacial score (nSPS) is 12.8. The van der Waals surface area contributed by atoms with Crippen molar-refractivity contribution < 1.29 is 4.79 Å². The number of hydrogen-bond acceptors (Lipinski definition) is 3. The first kappa shape index (κ1) is 14.1. The van der Waals surface area contributed by atoms with Crippen LogP contribution in [-0.2, 0) is 18.7 Å². The highest BCUT2D eigenvalue weighted by Crippen LogP contribution is 2.38. The third kappa shape index (κ3) is 2.67. The maximum absolute atomic E-state index is 12.3. The average molecular weight is 317 g/mol. The second-order valence-electron chi connectivity index (χ2n) is 4.96. The van der Waals surface area contributed by atoms with Gasteiger partial charge >= 0.3 is 0 Å². The smallest absolute Gasteiger partial charge is 0.256 e. The van der Waals surface area contributed by atoms with Gasteiger partial charge in [0.05, 0.1) is 5.56 Å². The lowest BCUT2D eigenvalue weighted by atomic mass is 10.1. The molecule has 0 aliphatic heterocycles. The quantitative estimate of drug-likeness (QED) is 0.867. The Balaban J connectivity index is 1.83. The number of rotatable bonds is 3. The molecule has 1 aromatic heterocycles. The van der Waals surface area contributed by atoms with Crippen LogP contribution in [0.25, 0.3) is 0 Å². The summed E-state index contributed by atoms with van der Waals surface area (Å²) in [6, 6.07) is 9.40. The number of benzene rings is 1. The van der Waals surface area contributed by atoms with Gasteiger partial charge in [0.1, 0.15) is 11.1 Å². The number of alkyl halides is 1. The van der Waals surface area contributed by atoms with Crippen molar-refractivity contribution in [3.05, 3.63) is 51.4 Å². The van der Waals surface area contributed by atoms with E-state index in [1.54, 1.807) is 12.1 Å². The summed E-state index contributed by atoms with van der Waals surface area (Å²) in [5.74, 6) is 0.241. The minimum Gasteiger partial charge on any atom is -0.312 e. The van der Waals surface area contributed by atoms with Gasteiger partial charge in [-0.3, -0.25) is 4.79 Å². The number of nitrogens with one attached hydrogen (secondary N) is 1. The van der Waals surface area contributed by atoms with Crippen LogP contribution in [0.3, 0.4) is 0 Å². The maximum Gasteiger partial charge on any atom is 0.256 e. The fourth-order valence-electron chi connectivity index (χ4n) is 2.53. The van der Waals surface area contributed by atoms with Crippen LogP contribution in [0.1, 0.15) is 38.3 Å². The van der Waals surface area contributed by atoms with Crippen molar-refractivity contribution >= 4 is 33.8 Å². The van der Waals surface area contributed by atoms with E-state index in [1.165, 1.54) is 16.2 Å². The lowest BCUT2D eigenvalue weighted by molar-refractivity contribution is 0.102. The fourth-order valence-corrected chi connectivity index (χ4v) is 3.94. The fraction of sp³-hybridized carbons (Fsp3) is 0.250. The number of nitrogens with zero attached hydrogens (tertiary/aromatic N) is 1. The zero-order valence-corrected chi connectivity index (χ0v) is 12.9. The van der Waals surface area contributed by atoms with E-state index in [1.807, 2.05) is 12.1 Å². The maximum atomic E-state index is 12.3. The molecule has 3 nitrogen and oxygen atoms in total. The number of nitriles is 1. The highest BCUT2D eigenvalue weighted by Gasteiger charge is 2.23. The molecule has 1 aromatic carbocycles.